The number of hydrogen-bond acceptors (Lipinski definition) is 6. The zero-order chi connectivity index (χ0) is 16.3. The maximum atomic E-state index is 12.3. The number of benzene rings is 1. The third-order valence-electron chi connectivity index (χ3n) is 2.67. The quantitative estimate of drug-likeness (QED) is 0.718. The number of pyridine rings is 1. The number of carboxylic acids is 1. The zero-order valence-corrected chi connectivity index (χ0v) is 13.1. The molecule has 0 spiro atoms. The highest BCUT2D eigenvalue weighted by Crippen LogP contribution is 2.26. The number of anilines is 1. The number of ether oxygens (including phenoxy) is 1. The smallest absolute Gasteiger partial charge is 0.335 e. The van der Waals surface area contributed by atoms with Gasteiger partial charge in [-0.3, -0.25) is 4.72 Å². The maximum absolute atomic E-state index is 12.3. The topological polar surface area (TPSA) is 106 Å². The molecule has 116 valence electrons. The molecule has 0 saturated carbocycles. The van der Waals surface area contributed by atoms with E-state index in [1.165, 1.54) is 37.6 Å². The summed E-state index contributed by atoms with van der Waals surface area (Å²) >= 11 is 4.09. The van der Waals surface area contributed by atoms with Gasteiger partial charge in [0.1, 0.15) is 5.69 Å². The van der Waals surface area contributed by atoms with Crippen molar-refractivity contribution in [2.45, 2.75) is 9.79 Å². The lowest BCUT2D eigenvalue weighted by atomic mass is 10.2. The lowest BCUT2D eigenvalue weighted by molar-refractivity contribution is 0.0696. The van der Waals surface area contributed by atoms with Crippen molar-refractivity contribution in [1.29, 1.82) is 0 Å². The highest BCUT2D eigenvalue weighted by molar-refractivity contribution is 7.92. The van der Waals surface area contributed by atoms with Crippen LogP contribution in [0.1, 0.15) is 10.4 Å². The van der Waals surface area contributed by atoms with Crippen LogP contribution in [-0.4, -0.2) is 31.6 Å². The Morgan fingerprint density at radius 1 is 1.36 bits per heavy atom. The van der Waals surface area contributed by atoms with Gasteiger partial charge in [0.15, 0.2) is 0 Å². The molecule has 0 aliphatic carbocycles. The molecule has 1 heterocycles. The molecule has 7 nitrogen and oxygen atoms in total. The first kappa shape index (κ1) is 16.1. The van der Waals surface area contributed by atoms with Gasteiger partial charge in [0.05, 0.1) is 17.6 Å². The van der Waals surface area contributed by atoms with E-state index in [0.29, 0.717) is 4.90 Å². The summed E-state index contributed by atoms with van der Waals surface area (Å²) in [6, 6.07) is 6.45. The molecule has 1 aromatic carbocycles. The number of carboxylic acid groups (broad SMARTS) is 1. The second-order valence-electron chi connectivity index (χ2n) is 4.19. The molecule has 2 N–H and O–H groups in total. The number of hydrogen-bond donors (Lipinski definition) is 3. The third kappa shape index (κ3) is 3.49. The van der Waals surface area contributed by atoms with Crippen LogP contribution in [0.25, 0.3) is 0 Å². The molecule has 9 heteroatoms. The lowest BCUT2D eigenvalue weighted by Gasteiger charge is -2.11. The zero-order valence-electron chi connectivity index (χ0n) is 11.3. The molecule has 22 heavy (non-hydrogen) atoms. The standard InChI is InChI=1S/C13H12N2O5S2/c1-20-12-11(6-9(21)7-14-12)15-22(18,19)10-4-2-3-8(5-10)13(16)17/h2-7,15,21H,1H3,(H,16,17). The third-order valence-corrected chi connectivity index (χ3v) is 4.27. The van der Waals surface area contributed by atoms with Gasteiger partial charge in [0.25, 0.3) is 10.0 Å². The van der Waals surface area contributed by atoms with Crippen LogP contribution < -0.4 is 9.46 Å². The molecule has 0 aliphatic heterocycles. The summed E-state index contributed by atoms with van der Waals surface area (Å²) in [5.41, 5.74) is -0.0216. The fourth-order valence-electron chi connectivity index (χ4n) is 1.68. The molecule has 0 aliphatic rings. The number of rotatable bonds is 5. The molecule has 0 amide bonds. The van der Waals surface area contributed by atoms with E-state index in [2.05, 4.69) is 22.3 Å². The Balaban J connectivity index is 2.42. The number of methoxy groups -OCH3 is 1. The SMILES string of the molecule is COc1ncc(S)cc1NS(=O)(=O)c1cccc(C(=O)O)c1. The monoisotopic (exact) mass is 340 g/mol. The van der Waals surface area contributed by atoms with Gasteiger partial charge in [-0.25, -0.2) is 18.2 Å². The Kier molecular flexibility index (Phi) is 4.57. The molecule has 0 radical (unpaired) electrons. The summed E-state index contributed by atoms with van der Waals surface area (Å²) in [6.45, 7) is 0. The fourth-order valence-corrected chi connectivity index (χ4v) is 2.96. The van der Waals surface area contributed by atoms with E-state index in [1.54, 1.807) is 0 Å². The van der Waals surface area contributed by atoms with E-state index in [9.17, 15) is 13.2 Å². The van der Waals surface area contributed by atoms with Crippen molar-refractivity contribution in [3.05, 3.63) is 42.1 Å². The average molecular weight is 340 g/mol. The van der Waals surface area contributed by atoms with Gasteiger partial charge in [0.2, 0.25) is 5.88 Å². The Labute approximate surface area is 132 Å². The van der Waals surface area contributed by atoms with Crippen molar-refractivity contribution in [1.82, 2.24) is 4.98 Å². The normalized spacial score (nSPS) is 11.0. The van der Waals surface area contributed by atoms with E-state index in [-0.39, 0.29) is 22.0 Å². The molecule has 0 bridgehead atoms. The number of aromatic nitrogens is 1. The van der Waals surface area contributed by atoms with Crippen molar-refractivity contribution in [2.24, 2.45) is 0 Å². The van der Waals surface area contributed by atoms with E-state index in [0.717, 1.165) is 6.07 Å². The fraction of sp³-hybridized carbons (Fsp3) is 0.0769. The summed E-state index contributed by atoms with van der Waals surface area (Å²) in [5, 5.41) is 8.93. The summed E-state index contributed by atoms with van der Waals surface area (Å²) in [6.07, 6.45) is 1.41. The van der Waals surface area contributed by atoms with Crippen molar-refractivity contribution in [3.8, 4) is 5.88 Å². The molecular weight excluding hydrogens is 328 g/mol. The number of thiol groups is 1. The second-order valence-corrected chi connectivity index (χ2v) is 6.39. The van der Waals surface area contributed by atoms with Crippen LogP contribution >= 0.6 is 12.6 Å². The lowest BCUT2D eigenvalue weighted by Crippen LogP contribution is -2.14. The van der Waals surface area contributed by atoms with E-state index in [1.807, 2.05) is 0 Å². The number of carbonyl (C=O) groups is 1. The van der Waals surface area contributed by atoms with E-state index in [4.69, 9.17) is 9.84 Å². The summed E-state index contributed by atoms with van der Waals surface area (Å²) in [4.78, 5) is 15.1. The van der Waals surface area contributed by atoms with Gasteiger partial charge < -0.3 is 9.84 Å². The van der Waals surface area contributed by atoms with Gasteiger partial charge in [-0.15, -0.1) is 12.6 Å². The Morgan fingerprint density at radius 2 is 2.09 bits per heavy atom. The molecule has 0 unspecified atom stereocenters. The molecule has 2 rings (SSSR count). The Morgan fingerprint density at radius 3 is 2.73 bits per heavy atom. The number of nitrogens with one attached hydrogen (secondary N) is 1. The highest BCUT2D eigenvalue weighted by Gasteiger charge is 2.19. The Hall–Kier alpha value is -2.26. The van der Waals surface area contributed by atoms with Gasteiger partial charge in [-0.1, -0.05) is 6.07 Å². The molecule has 0 saturated heterocycles. The van der Waals surface area contributed by atoms with Crippen molar-refractivity contribution < 1.29 is 23.1 Å². The van der Waals surface area contributed by atoms with Gasteiger partial charge >= 0.3 is 5.97 Å². The van der Waals surface area contributed by atoms with E-state index >= 15 is 0 Å². The van der Waals surface area contributed by atoms with Crippen LogP contribution in [0.15, 0.2) is 46.3 Å². The van der Waals surface area contributed by atoms with Crippen LogP contribution in [0, 0.1) is 0 Å². The van der Waals surface area contributed by atoms with Crippen molar-refractivity contribution in [3.63, 3.8) is 0 Å². The Bertz CT molecular complexity index is 821. The summed E-state index contributed by atoms with van der Waals surface area (Å²) in [7, 11) is -2.64. The van der Waals surface area contributed by atoms with Crippen LogP contribution in [-0.2, 0) is 10.0 Å². The van der Waals surface area contributed by atoms with Crippen molar-refractivity contribution >= 4 is 34.3 Å². The van der Waals surface area contributed by atoms with Gasteiger partial charge in [0, 0.05) is 11.1 Å². The molecule has 0 fully saturated rings. The molecule has 1 aromatic heterocycles. The molecular formula is C13H12N2O5S2. The highest BCUT2D eigenvalue weighted by atomic mass is 32.2. The minimum Gasteiger partial charge on any atom is -0.479 e. The minimum absolute atomic E-state index is 0.0794. The maximum Gasteiger partial charge on any atom is 0.335 e. The van der Waals surface area contributed by atoms with Crippen LogP contribution in [0.5, 0.6) is 5.88 Å². The first-order chi connectivity index (χ1) is 10.3. The average Bonchev–Trinajstić information content (AvgIpc) is 2.47. The second kappa shape index (κ2) is 6.24. The number of nitrogens with zero attached hydrogens (tertiary/aromatic N) is 1. The van der Waals surface area contributed by atoms with Crippen molar-refractivity contribution in [2.75, 3.05) is 11.8 Å². The van der Waals surface area contributed by atoms with E-state index < -0.39 is 16.0 Å². The molecule has 0 atom stereocenters. The van der Waals surface area contributed by atoms with Crippen LogP contribution in [0.2, 0.25) is 0 Å². The predicted molar refractivity (Wildman–Crippen MR) is 82.3 cm³/mol. The van der Waals surface area contributed by atoms with Crippen LogP contribution in [0.3, 0.4) is 0 Å². The summed E-state index contributed by atoms with van der Waals surface area (Å²) in [5.74, 6) is -1.13. The predicted octanol–water partition coefficient (Wildman–Crippen LogP) is 1.88. The molecule has 2 aromatic rings. The van der Waals surface area contributed by atoms with Gasteiger partial charge in [-0.05, 0) is 24.3 Å². The minimum atomic E-state index is -3.99. The first-order valence-electron chi connectivity index (χ1n) is 5.92. The summed E-state index contributed by atoms with van der Waals surface area (Å²) < 4.78 is 32.0. The largest absolute Gasteiger partial charge is 0.479 e. The van der Waals surface area contributed by atoms with Crippen LogP contribution in [0.4, 0.5) is 5.69 Å². The number of sulfonamides is 1. The first-order valence-corrected chi connectivity index (χ1v) is 7.85. The number of aromatic carboxylic acids is 1. The van der Waals surface area contributed by atoms with Gasteiger partial charge in [-0.2, -0.15) is 0 Å².